The molecule has 1 heterocycles. The molecule has 0 aliphatic carbocycles. The summed E-state index contributed by atoms with van der Waals surface area (Å²) in [6.07, 6.45) is 0. The second-order valence-corrected chi connectivity index (χ2v) is 4.91. The van der Waals surface area contributed by atoms with Gasteiger partial charge in [0.15, 0.2) is 17.3 Å². The third-order valence-corrected chi connectivity index (χ3v) is 3.45. The molecule has 5 nitrogen and oxygen atoms in total. The van der Waals surface area contributed by atoms with Crippen LogP contribution in [0.1, 0.15) is 10.5 Å². The first-order chi connectivity index (χ1) is 10.3. The maximum absolute atomic E-state index is 14.3. The summed E-state index contributed by atoms with van der Waals surface area (Å²) in [6, 6.07) is 1.88. The Morgan fingerprint density at radius 2 is 2.00 bits per heavy atom. The van der Waals surface area contributed by atoms with Gasteiger partial charge in [-0.15, -0.1) is 0 Å². The first-order valence-electron chi connectivity index (χ1n) is 5.69. The lowest BCUT2D eigenvalue weighted by Crippen LogP contribution is -2.07. The number of methoxy groups -OCH3 is 1. The number of nitrogens with two attached hydrogens (primary N) is 1. The highest BCUT2D eigenvalue weighted by molar-refractivity contribution is 6.35. The highest BCUT2D eigenvalue weighted by Gasteiger charge is 2.24. The Balaban J connectivity index is 2.80. The minimum absolute atomic E-state index is 0.184. The largest absolute Gasteiger partial charge is 0.492 e. The number of carboxylic acids is 1. The summed E-state index contributed by atoms with van der Waals surface area (Å²) in [5.41, 5.74) is 3.79. The zero-order chi connectivity index (χ0) is 16.6. The highest BCUT2D eigenvalue weighted by atomic mass is 35.5. The molecule has 116 valence electrons. The van der Waals surface area contributed by atoms with Crippen LogP contribution >= 0.6 is 23.2 Å². The van der Waals surface area contributed by atoms with E-state index in [2.05, 4.69) is 4.98 Å². The number of hydrogen-bond donors (Lipinski definition) is 2. The molecule has 9 heteroatoms. The van der Waals surface area contributed by atoms with Crippen molar-refractivity contribution in [3.63, 3.8) is 0 Å². The molecular weight excluding hydrogens is 341 g/mol. The van der Waals surface area contributed by atoms with Gasteiger partial charge in [0, 0.05) is 0 Å². The third kappa shape index (κ3) is 2.65. The van der Waals surface area contributed by atoms with E-state index in [1.54, 1.807) is 0 Å². The van der Waals surface area contributed by atoms with Crippen LogP contribution in [0, 0.1) is 11.6 Å². The summed E-state index contributed by atoms with van der Waals surface area (Å²) in [5.74, 6) is -4.06. The number of carbonyl (C=O) groups is 1. The molecule has 0 atom stereocenters. The topological polar surface area (TPSA) is 85.4 Å². The number of aromatic nitrogens is 1. The number of hydrogen-bond acceptors (Lipinski definition) is 4. The van der Waals surface area contributed by atoms with Gasteiger partial charge in [-0.2, -0.15) is 0 Å². The van der Waals surface area contributed by atoms with Crippen molar-refractivity contribution in [2.45, 2.75) is 0 Å². The molecule has 0 spiro atoms. The van der Waals surface area contributed by atoms with Gasteiger partial charge in [-0.05, 0) is 12.1 Å². The maximum Gasteiger partial charge on any atom is 0.356 e. The van der Waals surface area contributed by atoms with Gasteiger partial charge in [0.2, 0.25) is 0 Å². The lowest BCUT2D eigenvalue weighted by atomic mass is 10.1. The van der Waals surface area contributed by atoms with E-state index in [0.717, 1.165) is 19.2 Å². The summed E-state index contributed by atoms with van der Waals surface area (Å²) < 4.78 is 33.1. The predicted molar refractivity (Wildman–Crippen MR) is 77.5 cm³/mol. The van der Waals surface area contributed by atoms with Gasteiger partial charge in [0.1, 0.15) is 5.82 Å². The quantitative estimate of drug-likeness (QED) is 0.884. The van der Waals surface area contributed by atoms with Crippen molar-refractivity contribution in [3.05, 3.63) is 39.5 Å². The predicted octanol–water partition coefficient (Wildman–Crippen LogP) is 3.62. The molecule has 0 unspecified atom stereocenters. The van der Waals surface area contributed by atoms with Crippen molar-refractivity contribution < 1.29 is 23.4 Å². The number of aromatic carboxylic acids is 1. The Kier molecular flexibility index (Phi) is 4.39. The fourth-order valence-electron chi connectivity index (χ4n) is 1.81. The van der Waals surface area contributed by atoms with Gasteiger partial charge in [-0.1, -0.05) is 23.2 Å². The third-order valence-electron chi connectivity index (χ3n) is 2.78. The molecule has 3 N–H and O–H groups in total. The summed E-state index contributed by atoms with van der Waals surface area (Å²) in [7, 11) is 1.15. The Morgan fingerprint density at radius 1 is 1.36 bits per heavy atom. The summed E-state index contributed by atoms with van der Waals surface area (Å²) in [5, 5.41) is 8.41. The fraction of sp³-hybridized carbons (Fsp3) is 0.0769. The van der Waals surface area contributed by atoms with Gasteiger partial charge in [-0.25, -0.2) is 18.6 Å². The Labute approximate surface area is 133 Å². The van der Waals surface area contributed by atoms with Crippen molar-refractivity contribution in [2.24, 2.45) is 0 Å². The van der Waals surface area contributed by atoms with Crippen LogP contribution in [-0.4, -0.2) is 23.2 Å². The molecule has 2 rings (SSSR count). The molecule has 2 aromatic rings. The first kappa shape index (κ1) is 16.3. The molecule has 0 radical (unpaired) electrons. The number of ether oxygens (including phenoxy) is 1. The van der Waals surface area contributed by atoms with Gasteiger partial charge >= 0.3 is 5.97 Å². The molecule has 1 aromatic heterocycles. The average Bonchev–Trinajstić information content (AvgIpc) is 2.42. The van der Waals surface area contributed by atoms with Gasteiger partial charge in [0.05, 0.1) is 34.1 Å². The van der Waals surface area contributed by atoms with Gasteiger partial charge in [-0.3, -0.25) is 0 Å². The maximum atomic E-state index is 14.3. The minimum Gasteiger partial charge on any atom is -0.492 e. The van der Waals surface area contributed by atoms with E-state index in [-0.39, 0.29) is 21.4 Å². The Bertz CT molecular complexity index is 785. The summed E-state index contributed by atoms with van der Waals surface area (Å²) in [4.78, 5) is 14.7. The van der Waals surface area contributed by atoms with E-state index >= 15 is 0 Å². The number of benzene rings is 1. The van der Waals surface area contributed by atoms with Crippen LogP contribution in [0.4, 0.5) is 14.5 Å². The van der Waals surface area contributed by atoms with E-state index in [0.29, 0.717) is 0 Å². The zero-order valence-electron chi connectivity index (χ0n) is 11.0. The molecule has 22 heavy (non-hydrogen) atoms. The van der Waals surface area contributed by atoms with E-state index in [4.69, 9.17) is 38.8 Å². The highest BCUT2D eigenvalue weighted by Crippen LogP contribution is 2.38. The van der Waals surface area contributed by atoms with Crippen molar-refractivity contribution in [2.75, 3.05) is 12.8 Å². The molecule has 0 bridgehead atoms. The van der Waals surface area contributed by atoms with Crippen LogP contribution in [-0.2, 0) is 0 Å². The number of nitrogen functional groups attached to an aromatic ring is 1. The van der Waals surface area contributed by atoms with Crippen LogP contribution in [0.5, 0.6) is 5.75 Å². The second kappa shape index (κ2) is 5.94. The fourth-order valence-corrected chi connectivity index (χ4v) is 2.25. The molecule has 0 saturated carbocycles. The van der Waals surface area contributed by atoms with Crippen LogP contribution in [0.3, 0.4) is 0 Å². The first-order valence-corrected chi connectivity index (χ1v) is 6.44. The molecule has 0 amide bonds. The van der Waals surface area contributed by atoms with Crippen molar-refractivity contribution in [3.8, 4) is 17.0 Å². The van der Waals surface area contributed by atoms with Gasteiger partial charge in [0.25, 0.3) is 0 Å². The number of rotatable bonds is 3. The van der Waals surface area contributed by atoms with Crippen LogP contribution in [0.25, 0.3) is 11.3 Å². The standard InChI is InChI=1S/C13H8Cl2F2N2O3/c1-22-12-4(14)2-5(16)8(10(12)17)7-3-6(18)9(15)11(19-7)13(20)21/h2-3H,1H3,(H2,18,19)(H,20,21). The molecule has 1 aromatic carbocycles. The lowest BCUT2D eigenvalue weighted by Gasteiger charge is -2.12. The van der Waals surface area contributed by atoms with Gasteiger partial charge < -0.3 is 15.6 Å². The Morgan fingerprint density at radius 3 is 2.55 bits per heavy atom. The monoisotopic (exact) mass is 348 g/mol. The lowest BCUT2D eigenvalue weighted by molar-refractivity contribution is 0.0691. The van der Waals surface area contributed by atoms with Crippen LogP contribution < -0.4 is 10.5 Å². The smallest absolute Gasteiger partial charge is 0.356 e. The number of pyridine rings is 1. The molecule has 0 aliphatic rings. The molecule has 0 aliphatic heterocycles. The normalized spacial score (nSPS) is 10.6. The molecular formula is C13H8Cl2F2N2O3. The molecule has 0 fully saturated rings. The van der Waals surface area contributed by atoms with E-state index < -0.39 is 34.6 Å². The summed E-state index contributed by atoms with van der Waals surface area (Å²) in [6.45, 7) is 0. The van der Waals surface area contributed by atoms with Crippen molar-refractivity contribution in [1.82, 2.24) is 4.98 Å². The van der Waals surface area contributed by atoms with Crippen molar-refractivity contribution >= 4 is 34.9 Å². The molecule has 0 saturated heterocycles. The summed E-state index contributed by atoms with van der Waals surface area (Å²) >= 11 is 11.4. The minimum atomic E-state index is -1.49. The SMILES string of the molecule is COc1c(Cl)cc(F)c(-c2cc(N)c(Cl)c(C(=O)O)n2)c1F. The van der Waals surface area contributed by atoms with Crippen molar-refractivity contribution in [1.29, 1.82) is 0 Å². The number of nitrogens with zero attached hydrogens (tertiary/aromatic N) is 1. The number of halogens is 4. The average molecular weight is 349 g/mol. The van der Waals surface area contributed by atoms with E-state index in [1.807, 2.05) is 0 Å². The van der Waals surface area contributed by atoms with Crippen LogP contribution in [0.2, 0.25) is 10.0 Å². The number of carboxylic acid groups (broad SMARTS) is 1. The Hall–Kier alpha value is -2.12. The zero-order valence-corrected chi connectivity index (χ0v) is 12.5. The number of anilines is 1. The second-order valence-electron chi connectivity index (χ2n) is 4.13. The van der Waals surface area contributed by atoms with E-state index in [9.17, 15) is 13.6 Å². The van der Waals surface area contributed by atoms with E-state index in [1.165, 1.54) is 0 Å². The van der Waals surface area contributed by atoms with Crippen LogP contribution in [0.15, 0.2) is 12.1 Å².